The predicted octanol–water partition coefficient (Wildman–Crippen LogP) is 2.68. The Labute approximate surface area is 127 Å². The third-order valence-electron chi connectivity index (χ3n) is 4.81. The van der Waals surface area contributed by atoms with Crippen molar-refractivity contribution in [3.63, 3.8) is 0 Å². The Morgan fingerprint density at radius 3 is 2.38 bits per heavy atom. The Morgan fingerprint density at radius 1 is 1.14 bits per heavy atom. The van der Waals surface area contributed by atoms with E-state index in [0.717, 1.165) is 44.1 Å². The fraction of sp³-hybridized carbons (Fsp3) is 0.611. The van der Waals surface area contributed by atoms with Crippen LogP contribution in [0.15, 0.2) is 30.3 Å². The summed E-state index contributed by atoms with van der Waals surface area (Å²) in [6.45, 7) is 7.71. The first-order valence-corrected chi connectivity index (χ1v) is 8.33. The highest BCUT2D eigenvalue weighted by Crippen LogP contribution is 2.30. The molecule has 0 N–H and O–H groups in total. The molecule has 1 saturated heterocycles. The van der Waals surface area contributed by atoms with E-state index in [1.165, 1.54) is 19.4 Å². The molecule has 1 atom stereocenters. The molecule has 1 aromatic carbocycles. The van der Waals surface area contributed by atoms with Crippen molar-refractivity contribution in [1.82, 2.24) is 9.80 Å². The van der Waals surface area contributed by atoms with E-state index < -0.39 is 0 Å². The van der Waals surface area contributed by atoms with Gasteiger partial charge in [-0.3, -0.25) is 9.69 Å². The molecule has 2 fully saturated rings. The standard InChI is InChI=1S/C18H26N2O/c1-2-17(18(21)16-6-4-3-5-7-16)20-12-10-19(11-13-20)14-15-8-9-15/h3-7,15,17H,2,8-14H2,1H3. The van der Waals surface area contributed by atoms with Gasteiger partial charge in [0.25, 0.3) is 0 Å². The minimum atomic E-state index is 0.0514. The van der Waals surface area contributed by atoms with E-state index >= 15 is 0 Å². The highest BCUT2D eigenvalue weighted by atomic mass is 16.1. The largest absolute Gasteiger partial charge is 0.301 e. The molecule has 114 valence electrons. The van der Waals surface area contributed by atoms with Crippen LogP contribution in [0.1, 0.15) is 36.5 Å². The van der Waals surface area contributed by atoms with Crippen molar-refractivity contribution in [2.45, 2.75) is 32.2 Å². The van der Waals surface area contributed by atoms with Gasteiger partial charge in [-0.1, -0.05) is 37.3 Å². The average molecular weight is 286 g/mol. The van der Waals surface area contributed by atoms with E-state index in [1.54, 1.807) is 0 Å². The van der Waals surface area contributed by atoms with Crippen molar-refractivity contribution in [3.05, 3.63) is 35.9 Å². The summed E-state index contributed by atoms with van der Waals surface area (Å²) in [6, 6.07) is 9.80. The van der Waals surface area contributed by atoms with Crippen molar-refractivity contribution in [3.8, 4) is 0 Å². The Kier molecular flexibility index (Phi) is 4.71. The van der Waals surface area contributed by atoms with E-state index in [0.29, 0.717) is 0 Å². The second-order valence-electron chi connectivity index (χ2n) is 6.43. The topological polar surface area (TPSA) is 23.6 Å². The van der Waals surface area contributed by atoms with Gasteiger partial charge in [0.15, 0.2) is 5.78 Å². The summed E-state index contributed by atoms with van der Waals surface area (Å²) in [7, 11) is 0. The number of nitrogens with zero attached hydrogens (tertiary/aromatic N) is 2. The van der Waals surface area contributed by atoms with E-state index in [4.69, 9.17) is 0 Å². The highest BCUT2D eigenvalue weighted by molar-refractivity contribution is 6.00. The number of ketones is 1. The van der Waals surface area contributed by atoms with Crippen molar-refractivity contribution < 1.29 is 4.79 Å². The molecule has 1 aromatic rings. The molecular weight excluding hydrogens is 260 g/mol. The molecule has 0 bridgehead atoms. The molecule has 0 radical (unpaired) electrons. The zero-order chi connectivity index (χ0) is 14.7. The van der Waals surface area contributed by atoms with Gasteiger partial charge >= 0.3 is 0 Å². The number of carbonyl (C=O) groups is 1. The maximum Gasteiger partial charge on any atom is 0.179 e. The third kappa shape index (κ3) is 3.72. The van der Waals surface area contributed by atoms with E-state index in [-0.39, 0.29) is 11.8 Å². The Hall–Kier alpha value is -1.19. The van der Waals surface area contributed by atoms with Crippen LogP contribution < -0.4 is 0 Å². The number of Topliss-reactive ketones (excluding diaryl/α,β-unsaturated/α-hetero) is 1. The normalized spacial score (nSPS) is 22.1. The summed E-state index contributed by atoms with van der Waals surface area (Å²) in [5, 5.41) is 0. The van der Waals surface area contributed by atoms with Gasteiger partial charge in [0.2, 0.25) is 0 Å². The molecule has 3 heteroatoms. The minimum Gasteiger partial charge on any atom is -0.301 e. The van der Waals surface area contributed by atoms with Crippen LogP contribution in [0.4, 0.5) is 0 Å². The summed E-state index contributed by atoms with van der Waals surface area (Å²) < 4.78 is 0. The number of carbonyl (C=O) groups excluding carboxylic acids is 1. The molecule has 1 unspecified atom stereocenters. The van der Waals surface area contributed by atoms with E-state index in [2.05, 4.69) is 16.7 Å². The maximum atomic E-state index is 12.7. The number of piperazine rings is 1. The van der Waals surface area contributed by atoms with Gasteiger partial charge in [0.05, 0.1) is 6.04 Å². The second kappa shape index (κ2) is 6.71. The first-order valence-electron chi connectivity index (χ1n) is 8.33. The lowest BCUT2D eigenvalue weighted by atomic mass is 10.00. The van der Waals surface area contributed by atoms with Crippen LogP contribution in [-0.4, -0.2) is 54.3 Å². The maximum absolute atomic E-state index is 12.7. The first kappa shape index (κ1) is 14.7. The van der Waals surface area contributed by atoms with Gasteiger partial charge < -0.3 is 4.90 Å². The fourth-order valence-electron chi connectivity index (χ4n) is 3.33. The first-order chi connectivity index (χ1) is 10.3. The van der Waals surface area contributed by atoms with Crippen LogP contribution in [-0.2, 0) is 0 Å². The summed E-state index contributed by atoms with van der Waals surface area (Å²) >= 11 is 0. The molecule has 2 aliphatic rings. The molecule has 1 aliphatic heterocycles. The zero-order valence-electron chi connectivity index (χ0n) is 13.0. The molecule has 21 heavy (non-hydrogen) atoms. The molecular formula is C18H26N2O. The number of rotatable bonds is 6. The minimum absolute atomic E-state index is 0.0514. The van der Waals surface area contributed by atoms with Crippen LogP contribution in [0, 0.1) is 5.92 Å². The van der Waals surface area contributed by atoms with Gasteiger partial charge in [-0.15, -0.1) is 0 Å². The Balaban J connectivity index is 1.57. The summed E-state index contributed by atoms with van der Waals surface area (Å²) in [5.74, 6) is 1.25. The van der Waals surface area contributed by atoms with Crippen LogP contribution in [0.25, 0.3) is 0 Å². The molecule has 1 aliphatic carbocycles. The third-order valence-corrected chi connectivity index (χ3v) is 4.81. The van der Waals surface area contributed by atoms with Gasteiger partial charge in [0, 0.05) is 38.3 Å². The zero-order valence-corrected chi connectivity index (χ0v) is 13.0. The smallest absolute Gasteiger partial charge is 0.179 e. The van der Waals surface area contributed by atoms with Crippen LogP contribution in [0.3, 0.4) is 0 Å². The van der Waals surface area contributed by atoms with Gasteiger partial charge in [-0.2, -0.15) is 0 Å². The summed E-state index contributed by atoms with van der Waals surface area (Å²) in [5.41, 5.74) is 0.852. The Morgan fingerprint density at radius 2 is 1.81 bits per heavy atom. The average Bonchev–Trinajstić information content (AvgIpc) is 3.34. The number of benzene rings is 1. The molecule has 1 heterocycles. The molecule has 0 aromatic heterocycles. The molecule has 3 rings (SSSR count). The van der Waals surface area contributed by atoms with Crippen LogP contribution >= 0.6 is 0 Å². The van der Waals surface area contributed by atoms with Crippen molar-refractivity contribution in [1.29, 1.82) is 0 Å². The summed E-state index contributed by atoms with van der Waals surface area (Å²) in [6.07, 6.45) is 3.74. The fourth-order valence-corrected chi connectivity index (χ4v) is 3.33. The molecule has 0 spiro atoms. The van der Waals surface area contributed by atoms with Crippen LogP contribution in [0.2, 0.25) is 0 Å². The lowest BCUT2D eigenvalue weighted by molar-refractivity contribution is 0.0649. The van der Waals surface area contributed by atoms with Gasteiger partial charge in [0.1, 0.15) is 0 Å². The number of hydrogen-bond acceptors (Lipinski definition) is 3. The van der Waals surface area contributed by atoms with Crippen molar-refractivity contribution in [2.24, 2.45) is 5.92 Å². The van der Waals surface area contributed by atoms with E-state index in [1.807, 2.05) is 30.3 Å². The van der Waals surface area contributed by atoms with Gasteiger partial charge in [-0.05, 0) is 25.2 Å². The predicted molar refractivity (Wildman–Crippen MR) is 85.6 cm³/mol. The lowest BCUT2D eigenvalue weighted by Crippen LogP contribution is -2.52. The van der Waals surface area contributed by atoms with Gasteiger partial charge in [-0.25, -0.2) is 0 Å². The molecule has 0 amide bonds. The Bertz CT molecular complexity index is 461. The molecule has 1 saturated carbocycles. The van der Waals surface area contributed by atoms with E-state index in [9.17, 15) is 4.79 Å². The van der Waals surface area contributed by atoms with Crippen LogP contribution in [0.5, 0.6) is 0 Å². The number of hydrogen-bond donors (Lipinski definition) is 0. The summed E-state index contributed by atoms with van der Waals surface area (Å²) in [4.78, 5) is 17.7. The monoisotopic (exact) mass is 286 g/mol. The quantitative estimate of drug-likeness (QED) is 0.751. The molecule has 3 nitrogen and oxygen atoms in total. The lowest BCUT2D eigenvalue weighted by Gasteiger charge is -2.38. The SMILES string of the molecule is CCC(C(=O)c1ccccc1)N1CCN(CC2CC2)CC1. The van der Waals surface area contributed by atoms with Crippen molar-refractivity contribution >= 4 is 5.78 Å². The highest BCUT2D eigenvalue weighted by Gasteiger charge is 2.30. The van der Waals surface area contributed by atoms with Crippen molar-refractivity contribution in [2.75, 3.05) is 32.7 Å². The second-order valence-corrected chi connectivity index (χ2v) is 6.43.